The number of morpholine rings is 1. The molecule has 9 heteroatoms. The number of aryl methyl sites for hydroxylation is 1. The zero-order chi connectivity index (χ0) is 23.5. The van der Waals surface area contributed by atoms with Gasteiger partial charge >= 0.3 is 5.69 Å². The van der Waals surface area contributed by atoms with E-state index in [1.165, 1.54) is 24.9 Å². The Balaban J connectivity index is 1.56. The van der Waals surface area contributed by atoms with Crippen LogP contribution in [0.15, 0.2) is 33.9 Å². The molecule has 0 unspecified atom stereocenters. The number of fused-ring (bicyclic) bond motifs is 1. The molecule has 9 nitrogen and oxygen atoms in total. The molecule has 5 rings (SSSR count). The van der Waals surface area contributed by atoms with E-state index < -0.39 is 5.69 Å². The molecule has 2 aliphatic heterocycles. The van der Waals surface area contributed by atoms with E-state index in [0.717, 1.165) is 63.7 Å². The fourth-order valence-corrected chi connectivity index (χ4v) is 5.08. The molecule has 0 radical (unpaired) electrons. The van der Waals surface area contributed by atoms with Crippen molar-refractivity contribution in [3.63, 3.8) is 0 Å². The van der Waals surface area contributed by atoms with Crippen molar-refractivity contribution in [3.8, 4) is 11.4 Å². The van der Waals surface area contributed by atoms with Crippen LogP contribution in [0.5, 0.6) is 0 Å². The van der Waals surface area contributed by atoms with Gasteiger partial charge in [0.05, 0.1) is 13.2 Å². The molecule has 2 aliphatic rings. The van der Waals surface area contributed by atoms with E-state index in [9.17, 15) is 9.59 Å². The van der Waals surface area contributed by atoms with E-state index in [2.05, 4.69) is 39.0 Å². The molecule has 0 spiro atoms. The summed E-state index contributed by atoms with van der Waals surface area (Å²) in [6.45, 7) is 9.34. The second-order valence-corrected chi connectivity index (χ2v) is 9.22. The van der Waals surface area contributed by atoms with Crippen molar-refractivity contribution in [3.05, 3.63) is 45.1 Å². The van der Waals surface area contributed by atoms with Crippen LogP contribution >= 0.6 is 0 Å². The van der Waals surface area contributed by atoms with Crippen LogP contribution in [0.4, 0.5) is 5.69 Å². The van der Waals surface area contributed by atoms with Gasteiger partial charge in [0.1, 0.15) is 5.82 Å². The second kappa shape index (κ2) is 10.1. The van der Waals surface area contributed by atoms with Crippen molar-refractivity contribution >= 4 is 16.9 Å². The first-order valence-electron chi connectivity index (χ1n) is 12.5. The molecule has 1 N–H and O–H groups in total. The average Bonchev–Trinajstić information content (AvgIpc) is 3.26. The Bertz CT molecular complexity index is 1230. The minimum Gasteiger partial charge on any atom is -0.379 e. The molecule has 2 fully saturated rings. The molecule has 4 heterocycles. The summed E-state index contributed by atoms with van der Waals surface area (Å²) in [6.07, 6.45) is 4.55. The van der Waals surface area contributed by atoms with Crippen LogP contribution in [0.3, 0.4) is 0 Å². The fraction of sp³-hybridized carbons (Fsp3) is 0.560. The zero-order valence-corrected chi connectivity index (χ0v) is 20.0. The van der Waals surface area contributed by atoms with Crippen LogP contribution in [0.25, 0.3) is 22.6 Å². The number of rotatable bonds is 7. The van der Waals surface area contributed by atoms with Crippen LogP contribution < -0.4 is 16.1 Å². The molecule has 0 atom stereocenters. The number of hydrogen-bond acceptors (Lipinski definition) is 6. The summed E-state index contributed by atoms with van der Waals surface area (Å²) in [5.74, 6) is 0.731. The lowest BCUT2D eigenvalue weighted by Gasteiger charge is -2.29. The lowest BCUT2D eigenvalue weighted by atomic mass is 10.1. The van der Waals surface area contributed by atoms with Crippen LogP contribution in [-0.2, 0) is 17.8 Å². The number of hydrogen-bond donors (Lipinski definition) is 1. The molecular formula is C25H34N6O3. The number of aromatic nitrogens is 4. The van der Waals surface area contributed by atoms with Crippen LogP contribution in [0, 0.1) is 0 Å². The first-order chi connectivity index (χ1) is 16.7. The van der Waals surface area contributed by atoms with Gasteiger partial charge in [-0.2, -0.15) is 0 Å². The molecule has 182 valence electrons. The minimum absolute atomic E-state index is 0.377. The zero-order valence-electron chi connectivity index (χ0n) is 20.0. The quantitative estimate of drug-likeness (QED) is 0.575. The summed E-state index contributed by atoms with van der Waals surface area (Å²) < 4.78 is 9.06. The number of ether oxygens (including phenoxy) is 1. The third-order valence-corrected chi connectivity index (χ3v) is 6.92. The first kappa shape index (κ1) is 22.9. The van der Waals surface area contributed by atoms with Crippen LogP contribution in [0.2, 0.25) is 0 Å². The summed E-state index contributed by atoms with van der Waals surface area (Å²) in [5.41, 5.74) is 2.33. The summed E-state index contributed by atoms with van der Waals surface area (Å²) in [6, 6.07) is 8.48. The number of nitrogens with zero attached hydrogens (tertiary/aromatic N) is 5. The highest BCUT2D eigenvalue weighted by molar-refractivity contribution is 5.77. The molecule has 0 bridgehead atoms. The van der Waals surface area contributed by atoms with Crippen LogP contribution in [-0.4, -0.2) is 69.9 Å². The third kappa shape index (κ3) is 4.54. The Morgan fingerprint density at radius 2 is 1.65 bits per heavy atom. The molecule has 2 aromatic heterocycles. The van der Waals surface area contributed by atoms with Crippen molar-refractivity contribution in [1.82, 2.24) is 24.0 Å². The number of imidazole rings is 1. The van der Waals surface area contributed by atoms with Gasteiger partial charge in [-0.1, -0.05) is 6.92 Å². The smallest absolute Gasteiger partial charge is 0.330 e. The Labute approximate surface area is 199 Å². The number of benzene rings is 1. The third-order valence-electron chi connectivity index (χ3n) is 6.92. The lowest BCUT2D eigenvalue weighted by molar-refractivity contribution is 0.0365. The predicted molar refractivity (Wildman–Crippen MR) is 134 cm³/mol. The van der Waals surface area contributed by atoms with E-state index in [1.807, 2.05) is 11.5 Å². The van der Waals surface area contributed by atoms with Crippen LogP contribution in [0.1, 0.15) is 32.6 Å². The summed E-state index contributed by atoms with van der Waals surface area (Å²) in [5, 5.41) is 0. The van der Waals surface area contributed by atoms with Gasteiger partial charge in [0, 0.05) is 57.1 Å². The highest BCUT2D eigenvalue weighted by Gasteiger charge is 2.21. The minimum atomic E-state index is -0.399. The van der Waals surface area contributed by atoms with Gasteiger partial charge in [0.25, 0.3) is 5.56 Å². The fourth-order valence-electron chi connectivity index (χ4n) is 5.08. The summed E-state index contributed by atoms with van der Waals surface area (Å²) in [4.78, 5) is 37.7. The van der Waals surface area contributed by atoms with E-state index in [-0.39, 0.29) is 5.56 Å². The van der Waals surface area contributed by atoms with Crippen molar-refractivity contribution in [1.29, 1.82) is 0 Å². The number of H-pyrrole nitrogens is 1. The number of aromatic amines is 1. The summed E-state index contributed by atoms with van der Waals surface area (Å²) in [7, 11) is 0. The SMILES string of the molecule is CCCn1c(=O)[nH]c(=O)c2c1nc(-c1ccc(N3CCCCC3)cc1)n2CCN1CCOCC1. The second-order valence-electron chi connectivity index (χ2n) is 9.22. The summed E-state index contributed by atoms with van der Waals surface area (Å²) >= 11 is 0. The number of piperidine rings is 1. The number of nitrogens with one attached hydrogen (secondary N) is 1. The highest BCUT2D eigenvalue weighted by atomic mass is 16.5. The van der Waals surface area contributed by atoms with E-state index in [4.69, 9.17) is 9.72 Å². The Kier molecular flexibility index (Phi) is 6.82. The van der Waals surface area contributed by atoms with E-state index in [0.29, 0.717) is 24.3 Å². The van der Waals surface area contributed by atoms with E-state index >= 15 is 0 Å². The van der Waals surface area contributed by atoms with Crippen molar-refractivity contribution in [2.45, 2.75) is 45.7 Å². The Morgan fingerprint density at radius 3 is 2.35 bits per heavy atom. The Hall–Kier alpha value is -2.91. The molecule has 0 aliphatic carbocycles. The largest absolute Gasteiger partial charge is 0.379 e. The Morgan fingerprint density at radius 1 is 0.912 bits per heavy atom. The van der Waals surface area contributed by atoms with Gasteiger partial charge in [-0.25, -0.2) is 9.78 Å². The highest BCUT2D eigenvalue weighted by Crippen LogP contribution is 2.27. The molecule has 3 aromatic rings. The molecule has 34 heavy (non-hydrogen) atoms. The van der Waals surface area contributed by atoms with Gasteiger partial charge in [-0.15, -0.1) is 0 Å². The topological polar surface area (TPSA) is 88.4 Å². The maximum Gasteiger partial charge on any atom is 0.330 e. The predicted octanol–water partition coefficient (Wildman–Crippen LogP) is 2.29. The normalized spacial score (nSPS) is 17.5. The lowest BCUT2D eigenvalue weighted by Crippen LogP contribution is -2.38. The van der Waals surface area contributed by atoms with Crippen molar-refractivity contribution in [2.24, 2.45) is 0 Å². The average molecular weight is 467 g/mol. The first-order valence-corrected chi connectivity index (χ1v) is 12.5. The monoisotopic (exact) mass is 466 g/mol. The van der Waals surface area contributed by atoms with Gasteiger partial charge in [-0.05, 0) is 49.9 Å². The van der Waals surface area contributed by atoms with E-state index in [1.54, 1.807) is 4.57 Å². The van der Waals surface area contributed by atoms with Gasteiger partial charge in [-0.3, -0.25) is 19.2 Å². The molecule has 1 aromatic carbocycles. The van der Waals surface area contributed by atoms with Gasteiger partial charge in [0.2, 0.25) is 0 Å². The van der Waals surface area contributed by atoms with Gasteiger partial charge in [0.15, 0.2) is 11.2 Å². The van der Waals surface area contributed by atoms with Crippen molar-refractivity contribution in [2.75, 3.05) is 50.8 Å². The van der Waals surface area contributed by atoms with Crippen molar-refractivity contribution < 1.29 is 4.74 Å². The standard InChI is InChI=1S/C25H34N6O3/c1-2-10-31-23-21(24(32)27-25(31)33)30(14-13-28-15-17-34-18-16-28)22(26-23)19-6-8-20(9-7-19)29-11-4-3-5-12-29/h6-9H,2-5,10-18H2,1H3,(H,27,32,33). The van der Waals surface area contributed by atoms with Gasteiger partial charge < -0.3 is 14.2 Å². The molecule has 2 saturated heterocycles. The molecular weight excluding hydrogens is 432 g/mol. The maximum atomic E-state index is 13.0. The number of anilines is 1. The molecule has 0 saturated carbocycles. The maximum absolute atomic E-state index is 13.0. The molecule has 0 amide bonds.